The number of nitrogens with zero attached hydrogens (tertiary/aromatic N) is 2. The van der Waals surface area contributed by atoms with E-state index in [4.69, 9.17) is 4.98 Å². The van der Waals surface area contributed by atoms with Crippen molar-refractivity contribution in [2.75, 3.05) is 0 Å². The van der Waals surface area contributed by atoms with E-state index in [2.05, 4.69) is 90.1 Å². The second-order valence-electron chi connectivity index (χ2n) is 13.5. The van der Waals surface area contributed by atoms with Crippen LogP contribution in [-0.4, -0.2) is 9.38 Å². The van der Waals surface area contributed by atoms with Gasteiger partial charge in [0.15, 0.2) is 0 Å². The van der Waals surface area contributed by atoms with Gasteiger partial charge in [-0.05, 0) is 101 Å². The van der Waals surface area contributed by atoms with Gasteiger partial charge >= 0.3 is 0 Å². The number of hydrogen-bond acceptors (Lipinski definition) is 1. The summed E-state index contributed by atoms with van der Waals surface area (Å²) in [6.07, 6.45) is 6.19. The third-order valence-corrected chi connectivity index (χ3v) is 9.18. The van der Waals surface area contributed by atoms with Crippen LogP contribution in [-0.2, 0) is 22.7 Å². The Morgan fingerprint density at radius 1 is 0.941 bits per heavy atom. The highest BCUT2D eigenvalue weighted by Crippen LogP contribution is 2.48. The first-order chi connectivity index (χ1) is 15.9. The highest BCUT2D eigenvalue weighted by atomic mass is 15.0. The van der Waals surface area contributed by atoms with Crippen LogP contribution in [0, 0.1) is 0 Å². The molecule has 2 heterocycles. The molecule has 0 saturated heterocycles. The number of aromatic nitrogens is 2. The monoisotopic (exact) mass is 452 g/mol. The molecule has 0 saturated carbocycles. The molecule has 6 rings (SSSR count). The largest absolute Gasteiger partial charge is 0.296 e. The minimum absolute atomic E-state index is 0.0218. The molecule has 1 atom stereocenters. The number of hydrogen-bond donors (Lipinski definition) is 0. The van der Waals surface area contributed by atoms with Gasteiger partial charge in [-0.15, -0.1) is 0 Å². The third kappa shape index (κ3) is 3.03. The lowest BCUT2D eigenvalue weighted by Gasteiger charge is -2.41. The Morgan fingerprint density at radius 3 is 2.26 bits per heavy atom. The van der Waals surface area contributed by atoms with Crippen LogP contribution in [0.15, 0.2) is 30.3 Å². The van der Waals surface area contributed by atoms with Gasteiger partial charge in [0, 0.05) is 16.5 Å². The zero-order valence-electron chi connectivity index (χ0n) is 22.4. The predicted octanol–water partition coefficient (Wildman–Crippen LogP) is 8.73. The predicted molar refractivity (Wildman–Crippen MR) is 146 cm³/mol. The molecule has 0 fully saturated rings. The molecule has 0 bridgehead atoms. The highest BCUT2D eigenvalue weighted by Gasteiger charge is 2.38. The lowest BCUT2D eigenvalue weighted by molar-refractivity contribution is 0.332. The van der Waals surface area contributed by atoms with Gasteiger partial charge in [0.05, 0.1) is 11.0 Å². The van der Waals surface area contributed by atoms with Gasteiger partial charge < -0.3 is 0 Å². The molecular formula is C32H40N2. The first-order valence-corrected chi connectivity index (χ1v) is 13.4. The molecule has 0 aliphatic heterocycles. The number of pyridine rings is 1. The van der Waals surface area contributed by atoms with Crippen molar-refractivity contribution in [3.8, 4) is 0 Å². The van der Waals surface area contributed by atoms with Crippen LogP contribution in [0.25, 0.3) is 27.5 Å². The number of fused-ring (bicyclic) bond motifs is 7. The smallest absolute Gasteiger partial charge is 0.146 e. The van der Waals surface area contributed by atoms with Crippen LogP contribution in [0.3, 0.4) is 0 Å². The van der Waals surface area contributed by atoms with Crippen molar-refractivity contribution in [3.63, 3.8) is 0 Å². The molecule has 34 heavy (non-hydrogen) atoms. The molecular weight excluding hydrogens is 412 g/mol. The minimum atomic E-state index is 0.0218. The molecule has 0 N–H and O–H groups in total. The molecule has 2 aliphatic rings. The summed E-state index contributed by atoms with van der Waals surface area (Å²) in [5, 5.41) is 2.67. The first kappa shape index (κ1) is 22.1. The number of benzene rings is 2. The second-order valence-corrected chi connectivity index (χ2v) is 13.5. The lowest BCUT2D eigenvalue weighted by Crippen LogP contribution is -2.33. The van der Waals surface area contributed by atoms with Crippen LogP contribution < -0.4 is 0 Å². The van der Waals surface area contributed by atoms with E-state index in [1.54, 1.807) is 11.1 Å². The van der Waals surface area contributed by atoms with Gasteiger partial charge in [0.25, 0.3) is 0 Å². The van der Waals surface area contributed by atoms with Crippen molar-refractivity contribution >= 4 is 27.5 Å². The van der Waals surface area contributed by atoms with Gasteiger partial charge in [0.2, 0.25) is 0 Å². The lowest BCUT2D eigenvalue weighted by atomic mass is 9.63. The van der Waals surface area contributed by atoms with E-state index >= 15 is 0 Å². The Hall–Kier alpha value is -2.35. The van der Waals surface area contributed by atoms with Gasteiger partial charge in [-0.1, -0.05) is 61.5 Å². The first-order valence-electron chi connectivity index (χ1n) is 13.4. The van der Waals surface area contributed by atoms with Crippen molar-refractivity contribution in [2.24, 2.45) is 0 Å². The minimum Gasteiger partial charge on any atom is -0.296 e. The summed E-state index contributed by atoms with van der Waals surface area (Å²) in [5.41, 5.74) is 11.5. The zero-order chi connectivity index (χ0) is 24.2. The second kappa shape index (κ2) is 6.86. The van der Waals surface area contributed by atoms with E-state index in [-0.39, 0.29) is 16.2 Å². The van der Waals surface area contributed by atoms with Gasteiger partial charge in [0.1, 0.15) is 5.65 Å². The Kier molecular flexibility index (Phi) is 4.47. The maximum absolute atomic E-state index is 5.37. The summed E-state index contributed by atoms with van der Waals surface area (Å²) in [7, 11) is 0. The van der Waals surface area contributed by atoms with E-state index < -0.39 is 0 Å². The standard InChI is InChI=1S/C32H40N2/c1-9-19-10-11-20-14-23-21(15-22(19)20)16-28(30(2,3)4)34-27-18-25-24(17-26(27)33-29(23)34)31(5,6)12-13-32(25,7)8/h14-19H,9-13H2,1-8H3. The summed E-state index contributed by atoms with van der Waals surface area (Å²) in [5.74, 6) is 0.712. The van der Waals surface area contributed by atoms with E-state index in [1.807, 2.05) is 0 Å². The summed E-state index contributed by atoms with van der Waals surface area (Å²) >= 11 is 0. The SMILES string of the molecule is CCC1CCc2cc3c(cc21)cc(C(C)(C)C)n1c2cc4c(cc2nc31)C(C)(C)CCC4(C)C. The van der Waals surface area contributed by atoms with Crippen molar-refractivity contribution in [1.29, 1.82) is 0 Å². The maximum Gasteiger partial charge on any atom is 0.146 e. The fourth-order valence-corrected chi connectivity index (χ4v) is 6.82. The van der Waals surface area contributed by atoms with E-state index in [0.717, 1.165) is 11.2 Å². The summed E-state index contributed by atoms with van der Waals surface area (Å²) in [4.78, 5) is 5.37. The van der Waals surface area contributed by atoms with Crippen LogP contribution in [0.4, 0.5) is 0 Å². The van der Waals surface area contributed by atoms with Gasteiger partial charge in [-0.2, -0.15) is 0 Å². The molecule has 0 amide bonds. The Labute approximate surface area is 204 Å². The van der Waals surface area contributed by atoms with Crippen molar-refractivity contribution in [3.05, 3.63) is 58.3 Å². The Bertz CT molecular complexity index is 1470. The van der Waals surface area contributed by atoms with Gasteiger partial charge in [-0.3, -0.25) is 4.40 Å². The molecule has 2 aromatic heterocycles. The van der Waals surface area contributed by atoms with Crippen LogP contribution in [0.1, 0.15) is 115 Å². The normalized spacial score (nSPS) is 21.4. The van der Waals surface area contributed by atoms with Crippen LogP contribution >= 0.6 is 0 Å². The van der Waals surface area contributed by atoms with Gasteiger partial charge in [-0.25, -0.2) is 4.98 Å². The molecule has 0 spiro atoms. The zero-order valence-corrected chi connectivity index (χ0v) is 22.4. The van der Waals surface area contributed by atoms with E-state index in [9.17, 15) is 0 Å². The van der Waals surface area contributed by atoms with Crippen molar-refractivity contribution < 1.29 is 0 Å². The van der Waals surface area contributed by atoms with Crippen molar-refractivity contribution in [2.45, 2.75) is 110 Å². The summed E-state index contributed by atoms with van der Waals surface area (Å²) in [6.45, 7) is 19.0. The molecule has 4 aromatic rings. The van der Waals surface area contributed by atoms with E-state index in [1.165, 1.54) is 65.2 Å². The van der Waals surface area contributed by atoms with E-state index in [0.29, 0.717) is 5.92 Å². The molecule has 2 nitrogen and oxygen atoms in total. The Morgan fingerprint density at radius 2 is 1.62 bits per heavy atom. The quantitative estimate of drug-likeness (QED) is 0.282. The average molecular weight is 453 g/mol. The highest BCUT2D eigenvalue weighted by molar-refractivity contribution is 6.00. The molecule has 2 aliphatic carbocycles. The fraction of sp³-hybridized carbons (Fsp3) is 0.531. The molecule has 178 valence electrons. The summed E-state index contributed by atoms with van der Waals surface area (Å²) < 4.78 is 2.49. The van der Waals surface area contributed by atoms with Crippen LogP contribution in [0.5, 0.6) is 0 Å². The number of aryl methyl sites for hydroxylation is 1. The Balaban J connectivity index is 1.76. The number of imidazole rings is 1. The molecule has 1 unspecified atom stereocenters. The third-order valence-electron chi connectivity index (χ3n) is 9.18. The maximum atomic E-state index is 5.37. The van der Waals surface area contributed by atoms with Crippen LogP contribution in [0.2, 0.25) is 0 Å². The summed E-state index contributed by atoms with van der Waals surface area (Å²) in [6, 6.07) is 12.4. The fourth-order valence-electron chi connectivity index (χ4n) is 6.82. The number of rotatable bonds is 1. The topological polar surface area (TPSA) is 17.3 Å². The average Bonchev–Trinajstić information content (AvgIpc) is 3.34. The molecule has 0 radical (unpaired) electrons. The van der Waals surface area contributed by atoms with Crippen molar-refractivity contribution in [1.82, 2.24) is 9.38 Å². The molecule has 2 heteroatoms. The molecule has 2 aromatic carbocycles.